The van der Waals surface area contributed by atoms with Crippen LogP contribution in [0, 0.1) is 12.3 Å². The van der Waals surface area contributed by atoms with Gasteiger partial charge >= 0.3 is 0 Å². The molecule has 0 bridgehead atoms. The molecule has 0 aromatic carbocycles. The molecule has 0 aliphatic heterocycles. The molecular weight excluding hydrogens is 210 g/mol. The fourth-order valence-electron chi connectivity index (χ4n) is 2.64. The van der Waals surface area contributed by atoms with E-state index in [2.05, 4.69) is 28.6 Å². The first-order valence-corrected chi connectivity index (χ1v) is 5.94. The lowest BCUT2D eigenvalue weighted by Gasteiger charge is -2.36. The largest absolute Gasteiger partial charge is 0.299 e. The van der Waals surface area contributed by atoms with E-state index in [1.807, 2.05) is 6.92 Å². The van der Waals surface area contributed by atoms with Crippen molar-refractivity contribution in [3.05, 3.63) is 11.1 Å². The standard InChI is InChI=1S/C11H18ClN3/c1-8-13-14-10(12)15(8)9-5-4-6-11(2,3)7-9/h9H,4-7H2,1-3H3. The monoisotopic (exact) mass is 227 g/mol. The summed E-state index contributed by atoms with van der Waals surface area (Å²) in [4.78, 5) is 0. The second-order valence-electron chi connectivity index (χ2n) is 5.30. The molecule has 1 atom stereocenters. The minimum absolute atomic E-state index is 0.420. The molecule has 1 fully saturated rings. The van der Waals surface area contributed by atoms with E-state index < -0.39 is 0 Å². The average molecular weight is 228 g/mol. The van der Waals surface area contributed by atoms with Gasteiger partial charge < -0.3 is 0 Å². The van der Waals surface area contributed by atoms with Gasteiger partial charge in [-0.1, -0.05) is 20.3 Å². The van der Waals surface area contributed by atoms with Crippen LogP contribution in [0.3, 0.4) is 0 Å². The fourth-order valence-corrected chi connectivity index (χ4v) is 2.94. The Hall–Kier alpha value is -0.570. The number of hydrogen-bond donors (Lipinski definition) is 0. The third-order valence-corrected chi connectivity index (χ3v) is 3.63. The van der Waals surface area contributed by atoms with Gasteiger partial charge in [-0.05, 0) is 43.2 Å². The Labute approximate surface area is 95.8 Å². The zero-order valence-corrected chi connectivity index (χ0v) is 10.4. The van der Waals surface area contributed by atoms with Crippen LogP contribution in [0.2, 0.25) is 5.28 Å². The Kier molecular flexibility index (Phi) is 2.75. The van der Waals surface area contributed by atoms with Crippen molar-refractivity contribution >= 4 is 11.6 Å². The molecule has 1 aliphatic rings. The molecule has 4 heteroatoms. The van der Waals surface area contributed by atoms with Gasteiger partial charge in [0.15, 0.2) is 0 Å². The van der Waals surface area contributed by atoms with E-state index in [-0.39, 0.29) is 0 Å². The molecule has 0 spiro atoms. The van der Waals surface area contributed by atoms with Crippen LogP contribution in [0.1, 0.15) is 51.4 Å². The van der Waals surface area contributed by atoms with E-state index in [9.17, 15) is 0 Å². The molecule has 0 amide bonds. The van der Waals surface area contributed by atoms with Crippen LogP contribution in [0.15, 0.2) is 0 Å². The summed E-state index contributed by atoms with van der Waals surface area (Å²) in [5, 5.41) is 8.47. The first-order valence-electron chi connectivity index (χ1n) is 5.57. The summed E-state index contributed by atoms with van der Waals surface area (Å²) in [6.45, 7) is 6.62. The molecule has 1 aliphatic carbocycles. The van der Waals surface area contributed by atoms with Gasteiger partial charge in [0.05, 0.1) is 0 Å². The van der Waals surface area contributed by atoms with E-state index in [4.69, 9.17) is 11.6 Å². The molecule has 1 aromatic rings. The highest BCUT2D eigenvalue weighted by molar-refractivity contribution is 6.28. The second-order valence-corrected chi connectivity index (χ2v) is 5.64. The zero-order chi connectivity index (χ0) is 11.1. The molecule has 1 saturated carbocycles. The van der Waals surface area contributed by atoms with E-state index in [1.54, 1.807) is 0 Å². The van der Waals surface area contributed by atoms with Crippen molar-refractivity contribution < 1.29 is 0 Å². The normalized spacial score (nSPS) is 25.5. The van der Waals surface area contributed by atoms with E-state index >= 15 is 0 Å². The van der Waals surface area contributed by atoms with Crippen LogP contribution in [0.5, 0.6) is 0 Å². The lowest BCUT2D eigenvalue weighted by molar-refractivity contribution is 0.182. The van der Waals surface area contributed by atoms with Crippen molar-refractivity contribution in [1.29, 1.82) is 0 Å². The van der Waals surface area contributed by atoms with Crippen LogP contribution in [-0.2, 0) is 0 Å². The molecule has 0 radical (unpaired) electrons. The van der Waals surface area contributed by atoms with E-state index in [1.165, 1.54) is 25.7 Å². The minimum atomic E-state index is 0.420. The van der Waals surface area contributed by atoms with Gasteiger partial charge in [0.2, 0.25) is 5.28 Å². The van der Waals surface area contributed by atoms with Crippen LogP contribution in [0.4, 0.5) is 0 Å². The number of halogens is 1. The van der Waals surface area contributed by atoms with Crippen molar-refractivity contribution in [1.82, 2.24) is 14.8 Å². The number of aryl methyl sites for hydroxylation is 1. The summed E-state index contributed by atoms with van der Waals surface area (Å²) < 4.78 is 2.09. The number of rotatable bonds is 1. The molecule has 1 unspecified atom stereocenters. The highest BCUT2D eigenvalue weighted by Crippen LogP contribution is 2.41. The first-order chi connectivity index (χ1) is 6.99. The lowest BCUT2D eigenvalue weighted by atomic mass is 9.75. The predicted molar refractivity (Wildman–Crippen MR) is 61.1 cm³/mol. The van der Waals surface area contributed by atoms with Crippen LogP contribution >= 0.6 is 11.6 Å². The van der Waals surface area contributed by atoms with Gasteiger partial charge in [-0.15, -0.1) is 10.2 Å². The quantitative estimate of drug-likeness (QED) is 0.737. The Morgan fingerprint density at radius 1 is 1.40 bits per heavy atom. The van der Waals surface area contributed by atoms with Crippen molar-refractivity contribution in [2.45, 2.75) is 52.5 Å². The second kappa shape index (κ2) is 3.78. The van der Waals surface area contributed by atoms with Crippen molar-refractivity contribution in [3.8, 4) is 0 Å². The Bertz CT molecular complexity index is 337. The number of hydrogen-bond acceptors (Lipinski definition) is 2. The summed E-state index contributed by atoms with van der Waals surface area (Å²) in [6.07, 6.45) is 4.95. The number of aromatic nitrogens is 3. The molecule has 2 rings (SSSR count). The van der Waals surface area contributed by atoms with E-state index in [0.29, 0.717) is 16.7 Å². The summed E-state index contributed by atoms with van der Waals surface area (Å²) in [6, 6.07) is 0.483. The molecule has 0 N–H and O–H groups in total. The van der Waals surface area contributed by atoms with Crippen LogP contribution in [-0.4, -0.2) is 14.8 Å². The van der Waals surface area contributed by atoms with Crippen molar-refractivity contribution in [2.75, 3.05) is 0 Å². The molecular formula is C11H18ClN3. The van der Waals surface area contributed by atoms with Gasteiger partial charge in [0.1, 0.15) is 5.82 Å². The SMILES string of the molecule is Cc1nnc(Cl)n1C1CCCC(C)(C)C1. The molecule has 15 heavy (non-hydrogen) atoms. The molecule has 1 heterocycles. The maximum atomic E-state index is 6.06. The van der Waals surface area contributed by atoms with E-state index in [0.717, 1.165) is 5.82 Å². The molecule has 84 valence electrons. The third-order valence-electron chi connectivity index (χ3n) is 3.37. The van der Waals surface area contributed by atoms with Crippen molar-refractivity contribution in [3.63, 3.8) is 0 Å². The lowest BCUT2D eigenvalue weighted by Crippen LogP contribution is -2.25. The highest BCUT2D eigenvalue weighted by atomic mass is 35.5. The Balaban J connectivity index is 2.24. The topological polar surface area (TPSA) is 30.7 Å². The minimum Gasteiger partial charge on any atom is -0.299 e. The summed E-state index contributed by atoms with van der Waals surface area (Å²) >= 11 is 6.06. The Morgan fingerprint density at radius 2 is 2.13 bits per heavy atom. The predicted octanol–water partition coefficient (Wildman–Crippen LogP) is 3.38. The zero-order valence-electron chi connectivity index (χ0n) is 9.63. The van der Waals surface area contributed by atoms with Crippen LogP contribution in [0.25, 0.3) is 0 Å². The smallest absolute Gasteiger partial charge is 0.225 e. The molecule has 1 aromatic heterocycles. The Morgan fingerprint density at radius 3 is 2.67 bits per heavy atom. The van der Waals surface area contributed by atoms with Gasteiger partial charge in [0.25, 0.3) is 0 Å². The van der Waals surface area contributed by atoms with Gasteiger partial charge in [-0.25, -0.2) is 0 Å². The highest BCUT2D eigenvalue weighted by Gasteiger charge is 2.30. The summed E-state index contributed by atoms with van der Waals surface area (Å²) in [7, 11) is 0. The maximum Gasteiger partial charge on any atom is 0.225 e. The third kappa shape index (κ3) is 2.17. The molecule has 3 nitrogen and oxygen atoms in total. The number of nitrogens with zero attached hydrogens (tertiary/aromatic N) is 3. The maximum absolute atomic E-state index is 6.06. The van der Waals surface area contributed by atoms with Gasteiger partial charge in [-0.2, -0.15) is 0 Å². The summed E-state index contributed by atoms with van der Waals surface area (Å²) in [5.41, 5.74) is 0.420. The van der Waals surface area contributed by atoms with Crippen LogP contribution < -0.4 is 0 Å². The average Bonchev–Trinajstić information content (AvgIpc) is 2.44. The summed E-state index contributed by atoms with van der Waals surface area (Å²) in [5.74, 6) is 0.933. The first kappa shape index (κ1) is 10.9. The fraction of sp³-hybridized carbons (Fsp3) is 0.818. The molecule has 0 saturated heterocycles. The van der Waals surface area contributed by atoms with Gasteiger partial charge in [-0.3, -0.25) is 4.57 Å². The van der Waals surface area contributed by atoms with Crippen molar-refractivity contribution in [2.24, 2.45) is 5.41 Å². The van der Waals surface area contributed by atoms with Gasteiger partial charge in [0, 0.05) is 6.04 Å².